The molecular weight excluding hydrogens is 491 g/mol. The summed E-state index contributed by atoms with van der Waals surface area (Å²) in [6.07, 6.45) is 0. The van der Waals surface area contributed by atoms with Crippen molar-refractivity contribution in [3.05, 3.63) is 65.3 Å². The second kappa shape index (κ2) is 10.7. The molecule has 180 valence electrons. The molecule has 0 unspecified atom stereocenters. The van der Waals surface area contributed by atoms with Gasteiger partial charge in [-0.1, -0.05) is 23.9 Å². The van der Waals surface area contributed by atoms with Crippen LogP contribution in [0, 0.1) is 5.82 Å². The number of amides is 1. The largest absolute Gasteiger partial charge is 0.497 e. The molecule has 0 aliphatic heterocycles. The Labute approximate surface area is 209 Å². The summed E-state index contributed by atoms with van der Waals surface area (Å²) in [7, 11) is 4.69. The van der Waals surface area contributed by atoms with Crippen molar-refractivity contribution >= 4 is 40.0 Å². The van der Waals surface area contributed by atoms with Crippen molar-refractivity contribution in [3.63, 3.8) is 0 Å². The van der Waals surface area contributed by atoms with Gasteiger partial charge in [0.2, 0.25) is 5.91 Å². The number of halogens is 1. The van der Waals surface area contributed by atoms with Crippen molar-refractivity contribution in [2.45, 2.75) is 5.16 Å². The highest BCUT2D eigenvalue weighted by Crippen LogP contribution is 2.36. The zero-order chi connectivity index (χ0) is 24.9. The highest BCUT2D eigenvalue weighted by atomic mass is 32.2. The van der Waals surface area contributed by atoms with Crippen LogP contribution in [-0.4, -0.2) is 46.6 Å². The fourth-order valence-electron chi connectivity index (χ4n) is 3.32. The number of thioether (sulfide) groups is 1. The molecule has 11 heteroatoms. The third kappa shape index (κ3) is 5.36. The lowest BCUT2D eigenvalue weighted by molar-refractivity contribution is -0.113. The molecule has 0 bridgehead atoms. The lowest BCUT2D eigenvalue weighted by atomic mass is 10.0. The Morgan fingerprint density at radius 3 is 2.40 bits per heavy atom. The van der Waals surface area contributed by atoms with E-state index in [0.717, 1.165) is 11.3 Å². The maximum Gasteiger partial charge on any atom is 0.341 e. The number of rotatable bonds is 8. The van der Waals surface area contributed by atoms with Crippen molar-refractivity contribution < 1.29 is 23.5 Å². The molecule has 4 rings (SSSR count). The Hall–Kier alpha value is -3.70. The maximum absolute atomic E-state index is 13.3. The molecule has 4 aromatic rings. The van der Waals surface area contributed by atoms with Gasteiger partial charge in [0.05, 0.1) is 20.0 Å². The minimum atomic E-state index is -0.592. The molecule has 0 aliphatic rings. The zero-order valence-electron chi connectivity index (χ0n) is 19.1. The van der Waals surface area contributed by atoms with E-state index in [2.05, 4.69) is 15.5 Å². The number of nitrogens with one attached hydrogen (secondary N) is 1. The number of aromatic nitrogens is 3. The average Bonchev–Trinajstić information content (AvgIpc) is 3.46. The maximum atomic E-state index is 13.3. The molecule has 2 aromatic heterocycles. The van der Waals surface area contributed by atoms with Crippen molar-refractivity contribution in [1.82, 2.24) is 14.8 Å². The first-order valence-corrected chi connectivity index (χ1v) is 12.2. The Bertz CT molecular complexity index is 1350. The van der Waals surface area contributed by atoms with Crippen LogP contribution in [0.4, 0.5) is 9.39 Å². The number of hydrogen-bond donors (Lipinski definition) is 1. The summed E-state index contributed by atoms with van der Waals surface area (Å²) in [6.45, 7) is 0. The van der Waals surface area contributed by atoms with Gasteiger partial charge in [-0.15, -0.1) is 21.5 Å². The number of esters is 1. The number of anilines is 1. The smallest absolute Gasteiger partial charge is 0.341 e. The average molecular weight is 513 g/mol. The van der Waals surface area contributed by atoms with Crippen LogP contribution < -0.4 is 10.1 Å². The monoisotopic (exact) mass is 512 g/mol. The van der Waals surface area contributed by atoms with E-state index < -0.39 is 5.97 Å². The van der Waals surface area contributed by atoms with E-state index in [0.29, 0.717) is 27.1 Å². The van der Waals surface area contributed by atoms with Gasteiger partial charge in [-0.2, -0.15) is 0 Å². The molecule has 35 heavy (non-hydrogen) atoms. The number of carbonyl (C=O) groups excluding carboxylic acids is 2. The van der Waals surface area contributed by atoms with Gasteiger partial charge >= 0.3 is 5.97 Å². The highest BCUT2D eigenvalue weighted by Gasteiger charge is 2.23. The van der Waals surface area contributed by atoms with Gasteiger partial charge in [0.1, 0.15) is 22.1 Å². The summed E-state index contributed by atoms with van der Waals surface area (Å²) in [5.41, 5.74) is 2.29. The first-order chi connectivity index (χ1) is 16.9. The number of thiophene rings is 1. The minimum Gasteiger partial charge on any atom is -0.497 e. The summed E-state index contributed by atoms with van der Waals surface area (Å²) in [5, 5.41) is 13.9. The summed E-state index contributed by atoms with van der Waals surface area (Å²) in [5.74, 6) is 0.162. The van der Waals surface area contributed by atoms with Crippen LogP contribution in [-0.2, 0) is 16.6 Å². The number of methoxy groups -OCH3 is 2. The first-order valence-electron chi connectivity index (χ1n) is 10.3. The predicted octanol–water partition coefficient (Wildman–Crippen LogP) is 4.88. The fraction of sp³-hybridized carbons (Fsp3) is 0.167. The molecule has 0 saturated heterocycles. The second-order valence-electron chi connectivity index (χ2n) is 7.28. The number of carbonyl (C=O) groups is 2. The quantitative estimate of drug-likeness (QED) is 0.266. The van der Waals surface area contributed by atoms with E-state index in [4.69, 9.17) is 9.47 Å². The predicted molar refractivity (Wildman–Crippen MR) is 133 cm³/mol. The van der Waals surface area contributed by atoms with Crippen LogP contribution >= 0.6 is 23.1 Å². The number of benzene rings is 2. The van der Waals surface area contributed by atoms with Crippen LogP contribution in [0.2, 0.25) is 0 Å². The zero-order valence-corrected chi connectivity index (χ0v) is 20.7. The van der Waals surface area contributed by atoms with E-state index in [1.807, 2.05) is 31.3 Å². The molecule has 0 aliphatic carbocycles. The SMILES string of the molecule is COC(=O)c1c(-c2ccc(F)cc2)csc1NC(=O)CSc1nnc(-c2ccc(OC)cc2)n1C. The van der Waals surface area contributed by atoms with E-state index in [9.17, 15) is 14.0 Å². The summed E-state index contributed by atoms with van der Waals surface area (Å²) in [6, 6.07) is 13.2. The van der Waals surface area contributed by atoms with Gasteiger partial charge in [-0.3, -0.25) is 4.79 Å². The molecule has 2 heterocycles. The summed E-state index contributed by atoms with van der Waals surface area (Å²) >= 11 is 2.42. The molecule has 8 nitrogen and oxygen atoms in total. The fourth-order valence-corrected chi connectivity index (χ4v) is 5.01. The normalized spacial score (nSPS) is 10.7. The van der Waals surface area contributed by atoms with Crippen LogP contribution in [0.3, 0.4) is 0 Å². The highest BCUT2D eigenvalue weighted by molar-refractivity contribution is 7.99. The molecule has 1 N–H and O–H groups in total. The van der Waals surface area contributed by atoms with Crippen molar-refractivity contribution in [2.75, 3.05) is 25.3 Å². The van der Waals surface area contributed by atoms with Gasteiger partial charge < -0.3 is 19.4 Å². The molecule has 0 atom stereocenters. The molecule has 0 radical (unpaired) electrons. The van der Waals surface area contributed by atoms with E-state index in [-0.39, 0.29) is 23.0 Å². The Morgan fingerprint density at radius 2 is 1.74 bits per heavy atom. The third-order valence-corrected chi connectivity index (χ3v) is 7.02. The third-order valence-electron chi connectivity index (χ3n) is 5.10. The van der Waals surface area contributed by atoms with Crippen molar-refractivity contribution in [2.24, 2.45) is 7.05 Å². The molecule has 0 spiro atoms. The first kappa shape index (κ1) is 24.4. The van der Waals surface area contributed by atoms with E-state index >= 15 is 0 Å². The van der Waals surface area contributed by atoms with Crippen molar-refractivity contribution in [1.29, 1.82) is 0 Å². The summed E-state index contributed by atoms with van der Waals surface area (Å²) < 4.78 is 25.2. The van der Waals surface area contributed by atoms with Gasteiger partial charge in [0.25, 0.3) is 0 Å². The van der Waals surface area contributed by atoms with Crippen LogP contribution in [0.1, 0.15) is 10.4 Å². The molecule has 1 amide bonds. The molecular formula is C24H21FN4O4S2. The van der Waals surface area contributed by atoms with E-state index in [1.165, 1.54) is 42.3 Å². The number of nitrogens with zero attached hydrogens (tertiary/aromatic N) is 3. The van der Waals surface area contributed by atoms with E-state index in [1.54, 1.807) is 29.2 Å². The standard InChI is InChI=1S/C24H21FN4O4S2/c1-29-21(15-6-10-17(32-2)11-7-15)27-28-24(29)35-13-19(30)26-22-20(23(31)33-3)18(12-34-22)14-4-8-16(25)9-5-14/h4-12H,13H2,1-3H3,(H,26,30). The van der Waals surface area contributed by atoms with Gasteiger partial charge in [-0.25, -0.2) is 9.18 Å². The lowest BCUT2D eigenvalue weighted by Gasteiger charge is -2.08. The number of ether oxygens (including phenoxy) is 2. The molecule has 0 fully saturated rings. The van der Waals surface area contributed by atoms with Gasteiger partial charge in [0.15, 0.2) is 11.0 Å². The Balaban J connectivity index is 1.47. The topological polar surface area (TPSA) is 95.3 Å². The van der Waals surface area contributed by atoms with Crippen molar-refractivity contribution in [3.8, 4) is 28.3 Å². The van der Waals surface area contributed by atoms with Crippen LogP contribution in [0.15, 0.2) is 59.1 Å². The molecule has 0 saturated carbocycles. The Kier molecular flexibility index (Phi) is 7.47. The Morgan fingerprint density at radius 1 is 1.06 bits per heavy atom. The lowest BCUT2D eigenvalue weighted by Crippen LogP contribution is -2.16. The summed E-state index contributed by atoms with van der Waals surface area (Å²) in [4.78, 5) is 25.2. The molecule has 2 aromatic carbocycles. The second-order valence-corrected chi connectivity index (χ2v) is 9.10. The van der Waals surface area contributed by atoms with Crippen LogP contribution in [0.25, 0.3) is 22.5 Å². The van der Waals surface area contributed by atoms with Gasteiger partial charge in [0, 0.05) is 23.6 Å². The number of hydrogen-bond acceptors (Lipinski definition) is 8. The van der Waals surface area contributed by atoms with Gasteiger partial charge in [-0.05, 0) is 42.0 Å². The van der Waals surface area contributed by atoms with Crippen LogP contribution in [0.5, 0.6) is 5.75 Å². The minimum absolute atomic E-state index is 0.0545.